The van der Waals surface area contributed by atoms with Gasteiger partial charge in [0.1, 0.15) is 0 Å². The molecule has 37 heavy (non-hydrogen) atoms. The van der Waals surface area contributed by atoms with Gasteiger partial charge in [0.2, 0.25) is 0 Å². The topological polar surface area (TPSA) is 49.7 Å². The van der Waals surface area contributed by atoms with Crippen LogP contribution in [-0.2, 0) is 36.2 Å². The van der Waals surface area contributed by atoms with E-state index in [4.69, 9.17) is 3.18 Å². The van der Waals surface area contributed by atoms with E-state index in [9.17, 15) is 9.79 Å². The number of hydrogen-bond acceptors (Lipinski definition) is 4. The summed E-state index contributed by atoms with van der Waals surface area (Å²) in [5, 5.41) is 0. The van der Waals surface area contributed by atoms with E-state index >= 15 is 0 Å². The minimum atomic E-state index is -4.26. The van der Waals surface area contributed by atoms with Crippen molar-refractivity contribution in [3.8, 4) is 0 Å². The molecule has 1 heterocycles. The molecule has 1 aliphatic heterocycles. The quantitative estimate of drug-likeness (QED) is 0.0524. The van der Waals surface area contributed by atoms with Gasteiger partial charge < -0.3 is 0 Å². The van der Waals surface area contributed by atoms with Gasteiger partial charge in [-0.3, -0.25) is 0 Å². The third-order valence-electron chi connectivity index (χ3n) is 7.41. The molecule has 2 aromatic rings. The van der Waals surface area contributed by atoms with Crippen LogP contribution in [0.15, 0.2) is 58.3 Å². The Labute approximate surface area is 242 Å². The molecular weight excluding hydrogens is 599 g/mol. The molecule has 7 heteroatoms. The summed E-state index contributed by atoms with van der Waals surface area (Å²) in [4.78, 5) is 24.7. The van der Waals surface area contributed by atoms with E-state index < -0.39 is 14.4 Å². The summed E-state index contributed by atoms with van der Waals surface area (Å²) in [5.41, 5.74) is -1.59. The van der Waals surface area contributed by atoms with Gasteiger partial charge in [-0.05, 0) is 0 Å². The van der Waals surface area contributed by atoms with Gasteiger partial charge in [0.15, 0.2) is 0 Å². The van der Waals surface area contributed by atoms with E-state index in [0.717, 1.165) is 22.6 Å². The molecule has 0 aromatic heterocycles. The molecule has 3 rings (SSSR count). The van der Waals surface area contributed by atoms with Crippen molar-refractivity contribution in [2.24, 2.45) is 0 Å². The standard InChI is InChI=1S/C30H48O3PS2.Mo/c1-3-5-7-9-11-13-15-17-27-19-23-29(24-20-27)36(34(31,32,33)35-36)30-25-21-28(22-26-30)18-16-14-12-10-8-6-4-2;/h19-26,31-32H,3-18H2,1-2H3;/q-1;+1. The van der Waals surface area contributed by atoms with Crippen molar-refractivity contribution in [2.45, 2.75) is 126 Å². The normalized spacial score (nSPS) is 19.1. The molecule has 0 radical (unpaired) electrons. The Bertz CT molecular complexity index is 875. The SMILES string of the molecule is CCCCCCCCCc1ccc(S2(c3ccc(CCCCCCCCC)cc3)SP2(O)(O)[O][Mo])cc1. The van der Waals surface area contributed by atoms with Crippen molar-refractivity contribution in [1.82, 2.24) is 0 Å². The van der Waals surface area contributed by atoms with Crippen LogP contribution in [0, 0.1) is 0 Å². The zero-order valence-electron chi connectivity index (χ0n) is 22.9. The predicted molar refractivity (Wildman–Crippen MR) is 160 cm³/mol. The Morgan fingerprint density at radius 2 is 0.973 bits per heavy atom. The second-order valence-electron chi connectivity index (χ2n) is 10.5. The van der Waals surface area contributed by atoms with Gasteiger partial charge in [0, 0.05) is 0 Å². The number of rotatable bonds is 19. The third-order valence-corrected chi connectivity index (χ3v) is 28.7. The fourth-order valence-electron chi connectivity index (χ4n) is 5.06. The van der Waals surface area contributed by atoms with Gasteiger partial charge >= 0.3 is 217 Å². The summed E-state index contributed by atoms with van der Waals surface area (Å²) >= 11 is 1.37. The third kappa shape index (κ3) is 8.32. The van der Waals surface area contributed by atoms with E-state index in [1.165, 1.54) is 132 Å². The van der Waals surface area contributed by atoms with Gasteiger partial charge in [-0.15, -0.1) is 0 Å². The maximum atomic E-state index is 11.3. The molecule has 1 aliphatic rings. The first-order chi connectivity index (χ1) is 17.9. The molecule has 2 aromatic carbocycles. The Hall–Kier alpha value is 0.138. The van der Waals surface area contributed by atoms with Crippen LogP contribution in [0.25, 0.3) is 0 Å². The Kier molecular flexibility index (Phi) is 13.0. The second kappa shape index (κ2) is 15.2. The number of unbranched alkanes of at least 4 members (excludes halogenated alkanes) is 12. The molecule has 0 amide bonds. The van der Waals surface area contributed by atoms with E-state index in [-0.39, 0.29) is 0 Å². The number of aryl methyl sites for hydroxylation is 2. The van der Waals surface area contributed by atoms with Crippen molar-refractivity contribution < 1.29 is 33.2 Å². The van der Waals surface area contributed by atoms with Crippen molar-refractivity contribution in [1.29, 1.82) is 0 Å². The Morgan fingerprint density at radius 1 is 0.622 bits per heavy atom. The van der Waals surface area contributed by atoms with E-state index in [2.05, 4.69) is 62.4 Å². The molecule has 0 atom stereocenters. The molecule has 3 nitrogen and oxygen atoms in total. The zero-order chi connectivity index (χ0) is 26.6. The first kappa shape index (κ1) is 31.7. The van der Waals surface area contributed by atoms with Crippen LogP contribution < -0.4 is 0 Å². The molecule has 0 bridgehead atoms. The van der Waals surface area contributed by atoms with Crippen LogP contribution >= 0.6 is 24.8 Å². The van der Waals surface area contributed by atoms with Crippen LogP contribution in [0.1, 0.15) is 115 Å². The average molecular weight is 648 g/mol. The first-order valence-corrected chi connectivity index (χ1v) is 21.5. The molecule has 0 saturated carbocycles. The summed E-state index contributed by atoms with van der Waals surface area (Å²) < 4.78 is 5.51. The van der Waals surface area contributed by atoms with Crippen molar-refractivity contribution in [3.05, 3.63) is 59.7 Å². The number of hydrogen-bond donors (Lipinski definition) is 2. The van der Waals surface area contributed by atoms with Gasteiger partial charge in [0.05, 0.1) is 0 Å². The van der Waals surface area contributed by atoms with Gasteiger partial charge in [-0.1, -0.05) is 26.7 Å². The Balaban J connectivity index is 1.59. The van der Waals surface area contributed by atoms with Gasteiger partial charge in [-0.25, -0.2) is 0 Å². The summed E-state index contributed by atoms with van der Waals surface area (Å²) in [7, 11) is -0.776. The van der Waals surface area contributed by atoms with E-state index in [1.54, 1.807) is 0 Å². The van der Waals surface area contributed by atoms with Crippen LogP contribution in [0.5, 0.6) is 0 Å². The van der Waals surface area contributed by atoms with Crippen LogP contribution in [-0.4, -0.2) is 9.79 Å². The fourth-order valence-corrected chi connectivity index (χ4v) is 28.4. The monoisotopic (exact) mass is 649 g/mol. The van der Waals surface area contributed by atoms with Crippen LogP contribution in [0.3, 0.4) is 0 Å². The molecule has 0 spiro atoms. The molecule has 209 valence electrons. The van der Waals surface area contributed by atoms with Crippen LogP contribution in [0.2, 0.25) is 0 Å². The molecule has 0 aliphatic carbocycles. The van der Waals surface area contributed by atoms with E-state index in [1.807, 2.05) is 0 Å². The second-order valence-corrected chi connectivity index (χ2v) is 25.8. The molecular formula is C30H48MoO3PS2. The van der Waals surface area contributed by atoms with Gasteiger partial charge in [-0.2, -0.15) is 0 Å². The maximum absolute atomic E-state index is 11.3. The fraction of sp³-hybridized carbons (Fsp3) is 0.600. The predicted octanol–water partition coefficient (Wildman–Crippen LogP) is 10.7. The minimum absolute atomic E-state index is 1.01. The average Bonchev–Trinajstić information content (AvgIpc) is 3.48. The first-order valence-electron chi connectivity index (χ1n) is 14.5. The summed E-state index contributed by atoms with van der Waals surface area (Å²) in [6, 6.07) is 17.2. The Morgan fingerprint density at radius 3 is 1.30 bits per heavy atom. The number of benzene rings is 2. The molecule has 1 saturated heterocycles. The zero-order valence-corrected chi connectivity index (χ0v) is 27.4. The van der Waals surface area contributed by atoms with Crippen LogP contribution in [0.4, 0.5) is 0 Å². The summed E-state index contributed by atoms with van der Waals surface area (Å²) in [6.07, 6.45) is 20.6. The van der Waals surface area contributed by atoms with Gasteiger partial charge in [0.25, 0.3) is 0 Å². The molecule has 2 N–H and O–H groups in total. The van der Waals surface area contributed by atoms with Crippen molar-refractivity contribution in [3.63, 3.8) is 0 Å². The summed E-state index contributed by atoms with van der Waals surface area (Å²) in [5.74, 6) is 0. The molecule has 1 fully saturated rings. The van der Waals surface area contributed by atoms with E-state index in [0.29, 0.717) is 0 Å². The van der Waals surface area contributed by atoms with Crippen molar-refractivity contribution in [2.75, 3.05) is 0 Å². The summed E-state index contributed by atoms with van der Waals surface area (Å²) in [6.45, 7) is 4.52. The molecule has 0 unspecified atom stereocenters. The van der Waals surface area contributed by atoms with Crippen molar-refractivity contribution >= 4 is 24.8 Å².